The lowest BCUT2D eigenvalue weighted by Crippen LogP contribution is -2.64. The third-order valence-corrected chi connectivity index (χ3v) is 3.06. The van der Waals surface area contributed by atoms with Gasteiger partial charge in [-0.1, -0.05) is 0 Å². The van der Waals surface area contributed by atoms with Gasteiger partial charge in [0, 0.05) is 6.42 Å². The van der Waals surface area contributed by atoms with Gasteiger partial charge in [0.2, 0.25) is 5.91 Å². The summed E-state index contributed by atoms with van der Waals surface area (Å²) in [6, 6.07) is -1.76. The molecule has 2 aliphatic rings. The maximum atomic E-state index is 11.5. The van der Waals surface area contributed by atoms with Crippen molar-refractivity contribution < 1.29 is 24.6 Å². The van der Waals surface area contributed by atoms with E-state index < -0.39 is 41.8 Å². The highest BCUT2D eigenvalue weighted by Gasteiger charge is 2.60. The highest BCUT2D eigenvalue weighted by atomic mass is 16.4. The number of aliphatic hydroxyl groups excluding tert-OH is 1. The summed E-state index contributed by atoms with van der Waals surface area (Å²) < 4.78 is 0. The number of hydrogen-bond acceptors (Lipinski definition) is 4. The van der Waals surface area contributed by atoms with Crippen LogP contribution in [0.3, 0.4) is 0 Å². The number of amides is 1. The molecule has 2 aliphatic heterocycles. The predicted octanol–water partition coefficient (Wildman–Crippen LogP) is -1.38. The molecule has 0 aromatic rings. The molecule has 6 heteroatoms. The van der Waals surface area contributed by atoms with Crippen molar-refractivity contribution in [1.29, 1.82) is 0 Å². The Morgan fingerprint density at radius 3 is 2.60 bits per heavy atom. The number of nitrogens with zero attached hydrogens (tertiary/aromatic N) is 1. The summed E-state index contributed by atoms with van der Waals surface area (Å²) in [5, 5.41) is 18.1. The van der Waals surface area contributed by atoms with Crippen molar-refractivity contribution in [2.24, 2.45) is 5.92 Å². The van der Waals surface area contributed by atoms with Gasteiger partial charge in [-0.3, -0.25) is 9.59 Å². The van der Waals surface area contributed by atoms with Crippen LogP contribution in [-0.2, 0) is 14.4 Å². The Morgan fingerprint density at radius 2 is 2.13 bits per heavy atom. The Morgan fingerprint density at radius 1 is 1.53 bits per heavy atom. The normalized spacial score (nSPS) is 36.1. The van der Waals surface area contributed by atoms with E-state index in [0.717, 1.165) is 4.90 Å². The maximum absolute atomic E-state index is 11.5. The molecule has 0 saturated carbocycles. The molecule has 0 unspecified atom stereocenters. The molecule has 82 valence electrons. The number of fused-ring (bicyclic) bond motifs is 1. The van der Waals surface area contributed by atoms with Crippen LogP contribution in [0.5, 0.6) is 0 Å². The number of aliphatic carboxylic acids is 1. The van der Waals surface area contributed by atoms with Crippen LogP contribution in [0, 0.1) is 5.92 Å². The first kappa shape index (κ1) is 10.1. The number of carboxylic acids is 1. The van der Waals surface area contributed by atoms with E-state index in [1.807, 2.05) is 0 Å². The average Bonchev–Trinajstić information content (AvgIpc) is 2.38. The molecule has 0 radical (unpaired) electrons. The van der Waals surface area contributed by atoms with E-state index in [1.165, 1.54) is 6.92 Å². The van der Waals surface area contributed by atoms with Crippen LogP contribution in [-0.4, -0.2) is 51.0 Å². The maximum Gasteiger partial charge on any atom is 0.334 e. The Labute approximate surface area is 85.5 Å². The first-order valence-electron chi connectivity index (χ1n) is 4.71. The molecule has 1 amide bonds. The summed E-state index contributed by atoms with van der Waals surface area (Å²) in [6.45, 7) is 1.47. The molecule has 2 saturated heterocycles. The van der Waals surface area contributed by atoms with Crippen LogP contribution in [0.1, 0.15) is 13.3 Å². The smallest absolute Gasteiger partial charge is 0.334 e. The number of β-lactam (4-membered cyclic amide) rings is 1. The van der Waals surface area contributed by atoms with Crippen molar-refractivity contribution in [3.63, 3.8) is 0 Å². The number of hydrogen-bond donors (Lipinski definition) is 2. The van der Waals surface area contributed by atoms with Crippen molar-refractivity contribution >= 4 is 17.7 Å². The van der Waals surface area contributed by atoms with Crippen LogP contribution < -0.4 is 0 Å². The van der Waals surface area contributed by atoms with Gasteiger partial charge < -0.3 is 15.1 Å². The first-order chi connectivity index (χ1) is 6.95. The van der Waals surface area contributed by atoms with Gasteiger partial charge in [-0.05, 0) is 6.92 Å². The Bertz CT molecular complexity index is 350. The van der Waals surface area contributed by atoms with E-state index in [4.69, 9.17) is 5.11 Å². The highest BCUT2D eigenvalue weighted by molar-refractivity contribution is 6.10. The van der Waals surface area contributed by atoms with E-state index >= 15 is 0 Å². The SMILES string of the molecule is C[C@@H](O)[C@H]1C(=O)N2[C@@H](C(=O)O)C(=O)C[C@@H]12. The summed E-state index contributed by atoms with van der Waals surface area (Å²) in [5.74, 6) is -2.80. The van der Waals surface area contributed by atoms with E-state index in [-0.39, 0.29) is 6.42 Å². The van der Waals surface area contributed by atoms with Crippen LogP contribution in [0.2, 0.25) is 0 Å². The third-order valence-electron chi connectivity index (χ3n) is 3.06. The number of aliphatic hydroxyl groups is 1. The molecule has 4 atom stereocenters. The first-order valence-corrected chi connectivity index (χ1v) is 4.71. The lowest BCUT2D eigenvalue weighted by Gasteiger charge is -2.44. The van der Waals surface area contributed by atoms with Crippen LogP contribution in [0.4, 0.5) is 0 Å². The molecule has 2 fully saturated rings. The zero-order chi connectivity index (χ0) is 11.3. The van der Waals surface area contributed by atoms with Gasteiger partial charge in [-0.2, -0.15) is 0 Å². The minimum absolute atomic E-state index is 0.0400. The molecule has 6 nitrogen and oxygen atoms in total. The molecule has 0 aromatic heterocycles. The molecular formula is C9H11NO5. The molecule has 0 spiro atoms. The average molecular weight is 213 g/mol. The summed E-state index contributed by atoms with van der Waals surface area (Å²) >= 11 is 0. The molecule has 15 heavy (non-hydrogen) atoms. The minimum Gasteiger partial charge on any atom is -0.479 e. The predicted molar refractivity (Wildman–Crippen MR) is 46.9 cm³/mol. The third kappa shape index (κ3) is 1.18. The second-order valence-electron chi connectivity index (χ2n) is 3.99. The second-order valence-corrected chi connectivity index (χ2v) is 3.99. The van der Waals surface area contributed by atoms with Crippen LogP contribution >= 0.6 is 0 Å². The quantitative estimate of drug-likeness (QED) is 0.435. The van der Waals surface area contributed by atoms with Crippen LogP contribution in [0.25, 0.3) is 0 Å². The number of Topliss-reactive ketones (excluding diaryl/α,β-unsaturated/α-hetero) is 1. The van der Waals surface area contributed by atoms with Crippen molar-refractivity contribution in [2.75, 3.05) is 0 Å². The van der Waals surface area contributed by atoms with Gasteiger partial charge in [0.1, 0.15) is 0 Å². The number of carboxylic acid groups (broad SMARTS) is 1. The fourth-order valence-corrected chi connectivity index (χ4v) is 2.39. The number of ketones is 1. The molecule has 2 rings (SSSR count). The van der Waals surface area contributed by atoms with Gasteiger partial charge >= 0.3 is 5.97 Å². The summed E-state index contributed by atoms with van der Waals surface area (Å²) in [5.41, 5.74) is 0. The number of rotatable bonds is 2. The fraction of sp³-hybridized carbons (Fsp3) is 0.667. The lowest BCUT2D eigenvalue weighted by molar-refractivity contribution is -0.170. The molecule has 0 aliphatic carbocycles. The Kier molecular flexibility index (Phi) is 2.04. The van der Waals surface area contributed by atoms with E-state index in [1.54, 1.807) is 0 Å². The summed E-state index contributed by atoms with van der Waals surface area (Å²) in [4.78, 5) is 34.6. The summed E-state index contributed by atoms with van der Waals surface area (Å²) in [6.07, 6.45) is -0.794. The zero-order valence-corrected chi connectivity index (χ0v) is 8.08. The van der Waals surface area contributed by atoms with Gasteiger partial charge in [-0.15, -0.1) is 0 Å². The number of carbonyl (C=O) groups excluding carboxylic acids is 2. The summed E-state index contributed by atoms with van der Waals surface area (Å²) in [7, 11) is 0. The zero-order valence-electron chi connectivity index (χ0n) is 8.08. The molecule has 0 aromatic carbocycles. The Hall–Kier alpha value is -1.43. The Balaban J connectivity index is 2.23. The van der Waals surface area contributed by atoms with E-state index in [2.05, 4.69) is 0 Å². The highest BCUT2D eigenvalue weighted by Crippen LogP contribution is 2.39. The molecular weight excluding hydrogens is 202 g/mol. The number of carbonyl (C=O) groups is 3. The van der Waals surface area contributed by atoms with Gasteiger partial charge in [-0.25, -0.2) is 4.79 Å². The monoisotopic (exact) mass is 213 g/mol. The van der Waals surface area contributed by atoms with Crippen molar-refractivity contribution in [2.45, 2.75) is 31.5 Å². The van der Waals surface area contributed by atoms with Crippen molar-refractivity contribution in [3.05, 3.63) is 0 Å². The molecule has 2 heterocycles. The van der Waals surface area contributed by atoms with Crippen molar-refractivity contribution in [1.82, 2.24) is 4.90 Å². The second kappa shape index (κ2) is 3.03. The van der Waals surface area contributed by atoms with Gasteiger partial charge in [0.05, 0.1) is 18.1 Å². The topological polar surface area (TPSA) is 94.9 Å². The molecule has 0 bridgehead atoms. The minimum atomic E-state index is -1.34. The van der Waals surface area contributed by atoms with Gasteiger partial charge in [0.15, 0.2) is 11.8 Å². The molecule has 2 N–H and O–H groups in total. The van der Waals surface area contributed by atoms with Crippen LogP contribution in [0.15, 0.2) is 0 Å². The van der Waals surface area contributed by atoms with E-state index in [0.29, 0.717) is 0 Å². The van der Waals surface area contributed by atoms with Gasteiger partial charge in [0.25, 0.3) is 0 Å². The standard InChI is InChI=1S/C9H11NO5/c1-3(11)6-4-2-5(12)7(9(14)15)10(4)8(6)13/h3-4,6-7,11H,2H2,1H3,(H,14,15)/t3-,4+,6-,7-/m1/s1. The largest absolute Gasteiger partial charge is 0.479 e. The fourth-order valence-electron chi connectivity index (χ4n) is 2.39. The van der Waals surface area contributed by atoms with Crippen molar-refractivity contribution in [3.8, 4) is 0 Å². The van der Waals surface area contributed by atoms with E-state index in [9.17, 15) is 19.5 Å². The lowest BCUT2D eigenvalue weighted by atomic mass is 9.84.